The van der Waals surface area contributed by atoms with Crippen LogP contribution in [0.5, 0.6) is 0 Å². The number of thioether (sulfide) groups is 8. The molecule has 0 saturated heterocycles. The van der Waals surface area contributed by atoms with Gasteiger partial charge in [-0.2, -0.15) is 0 Å². The monoisotopic (exact) mass is 694 g/mol. The zero-order valence-electron chi connectivity index (χ0n) is 25.2. The van der Waals surface area contributed by atoms with Gasteiger partial charge < -0.3 is 0 Å². The molecule has 40 heavy (non-hydrogen) atoms. The lowest BCUT2D eigenvalue weighted by Gasteiger charge is -2.08. The number of hydrogen-bond acceptors (Lipinski definition) is 8. The Hall–Kier alpha value is 2.02. The van der Waals surface area contributed by atoms with Gasteiger partial charge in [-0.3, -0.25) is 0 Å². The van der Waals surface area contributed by atoms with Crippen LogP contribution in [0.1, 0.15) is 142 Å². The van der Waals surface area contributed by atoms with E-state index in [4.69, 9.17) is 0 Å². The first kappa shape index (κ1) is 36.5. The lowest BCUT2D eigenvalue weighted by Crippen LogP contribution is -1.88. The second-order valence-corrected chi connectivity index (χ2v) is 20.9. The van der Waals surface area contributed by atoms with Gasteiger partial charge in [0.2, 0.25) is 0 Å². The molecule has 0 fully saturated rings. The highest BCUT2D eigenvalue weighted by atomic mass is 32.3. The van der Waals surface area contributed by atoms with Gasteiger partial charge >= 0.3 is 0 Å². The molecule has 0 saturated carbocycles. The van der Waals surface area contributed by atoms with Crippen LogP contribution in [0.25, 0.3) is 0 Å². The highest BCUT2D eigenvalue weighted by Crippen LogP contribution is 2.67. The summed E-state index contributed by atoms with van der Waals surface area (Å²) in [5, 5.41) is 0. The molecule has 0 radical (unpaired) electrons. The van der Waals surface area contributed by atoms with Crippen LogP contribution in [0.2, 0.25) is 0 Å². The number of unbranched alkanes of at least 4 members (excludes halogenated alkanes) is 18. The zero-order valence-corrected chi connectivity index (χ0v) is 31.8. The van der Waals surface area contributed by atoms with Crippen LogP contribution in [0.4, 0.5) is 0 Å². The summed E-state index contributed by atoms with van der Waals surface area (Å²) in [7, 11) is 0. The van der Waals surface area contributed by atoms with Crippen molar-refractivity contribution in [2.24, 2.45) is 0 Å². The molecule has 3 aliphatic heterocycles. The topological polar surface area (TPSA) is 0 Å². The predicted molar refractivity (Wildman–Crippen MR) is 205 cm³/mol. The summed E-state index contributed by atoms with van der Waals surface area (Å²) in [6.45, 7) is 4.62. The molecule has 0 aromatic carbocycles. The molecule has 0 spiro atoms. The Labute approximate surface area is 282 Å². The molecule has 0 N–H and O–H groups in total. The summed E-state index contributed by atoms with van der Waals surface area (Å²) in [4.78, 5) is 0. The van der Waals surface area contributed by atoms with Crippen LogP contribution in [-0.4, -0.2) is 23.0 Å². The molecule has 0 atom stereocenters. The third-order valence-electron chi connectivity index (χ3n) is 7.25. The largest absolute Gasteiger partial charge is 0.117 e. The van der Waals surface area contributed by atoms with Gasteiger partial charge in [-0.1, -0.05) is 176 Å². The molecule has 3 heterocycles. The Balaban J connectivity index is 1.34. The van der Waals surface area contributed by atoms with Crippen molar-refractivity contribution in [3.63, 3.8) is 0 Å². The van der Waals surface area contributed by atoms with Crippen molar-refractivity contribution >= 4 is 94.1 Å². The van der Waals surface area contributed by atoms with Gasteiger partial charge in [-0.05, 0) is 24.3 Å². The molecule has 3 aliphatic rings. The molecule has 0 aromatic rings. The minimum Gasteiger partial charge on any atom is -0.117 e. The SMILES string of the molecule is CCCCCCCCCCCCSC1=C(SCCCCCCCCCCCC)SC(=C2SC3=C(SCCS3)S2)S1. The van der Waals surface area contributed by atoms with Gasteiger partial charge in [0.15, 0.2) is 0 Å². The van der Waals surface area contributed by atoms with Crippen LogP contribution in [0.3, 0.4) is 0 Å². The second kappa shape index (κ2) is 24.3. The van der Waals surface area contributed by atoms with Crippen LogP contribution in [0.15, 0.2) is 25.4 Å². The Kier molecular flexibility index (Phi) is 22.1. The summed E-state index contributed by atoms with van der Waals surface area (Å²) >= 11 is 16.8. The Morgan fingerprint density at radius 3 is 1.10 bits per heavy atom. The average Bonchev–Trinajstić information content (AvgIpc) is 3.59. The van der Waals surface area contributed by atoms with E-state index in [1.807, 2.05) is 0 Å². The molecule has 230 valence electrons. The van der Waals surface area contributed by atoms with E-state index in [0.29, 0.717) is 0 Å². The maximum absolute atomic E-state index is 2.31. The van der Waals surface area contributed by atoms with Gasteiger partial charge in [-0.15, -0.1) is 47.0 Å². The van der Waals surface area contributed by atoms with Crippen molar-refractivity contribution in [2.75, 3.05) is 23.0 Å². The highest BCUT2D eigenvalue weighted by Gasteiger charge is 2.31. The minimum atomic E-state index is 1.28. The lowest BCUT2D eigenvalue weighted by atomic mass is 10.1. The molecular formula is C32H54S8. The average molecular weight is 695 g/mol. The predicted octanol–water partition coefficient (Wildman–Crippen LogP) is 15.1. The fraction of sp³-hybridized carbons (Fsp3) is 0.812. The van der Waals surface area contributed by atoms with E-state index >= 15 is 0 Å². The lowest BCUT2D eigenvalue weighted by molar-refractivity contribution is 0.563. The van der Waals surface area contributed by atoms with Crippen LogP contribution >= 0.6 is 94.1 Å². The normalized spacial score (nSPS) is 17.6. The minimum absolute atomic E-state index is 1.28. The van der Waals surface area contributed by atoms with Crippen molar-refractivity contribution in [1.82, 2.24) is 0 Å². The van der Waals surface area contributed by atoms with Gasteiger partial charge in [-0.25, -0.2) is 0 Å². The van der Waals surface area contributed by atoms with Gasteiger partial charge in [0.1, 0.15) is 0 Å². The van der Waals surface area contributed by atoms with Crippen LogP contribution in [0, 0.1) is 0 Å². The maximum Gasteiger partial charge on any atom is 0.0717 e. The standard InChI is InChI=1S/C32H54S8/c1-3-5-7-9-11-13-15-17-19-21-23-33-27-28(34-24-22-20-18-16-14-12-10-8-6-4-2)38-31(37-27)32-39-29-30(40-32)36-26-25-35-29/h3-26H2,1-2H3. The van der Waals surface area contributed by atoms with Gasteiger partial charge in [0.25, 0.3) is 0 Å². The molecule has 0 aliphatic carbocycles. The van der Waals surface area contributed by atoms with Crippen LogP contribution in [-0.2, 0) is 0 Å². The highest BCUT2D eigenvalue weighted by molar-refractivity contribution is 8.45. The maximum atomic E-state index is 2.31. The first-order valence-corrected chi connectivity index (χ1v) is 23.5. The van der Waals surface area contributed by atoms with E-state index in [1.165, 1.54) is 151 Å². The van der Waals surface area contributed by atoms with Gasteiger partial charge in [0.05, 0.1) is 25.4 Å². The third kappa shape index (κ3) is 15.3. The second-order valence-electron chi connectivity index (χ2n) is 10.9. The van der Waals surface area contributed by atoms with Gasteiger partial charge in [0, 0.05) is 11.5 Å². The van der Waals surface area contributed by atoms with Crippen LogP contribution < -0.4 is 0 Å². The zero-order chi connectivity index (χ0) is 28.1. The molecule has 0 bridgehead atoms. The van der Waals surface area contributed by atoms with Crippen molar-refractivity contribution in [2.45, 2.75) is 142 Å². The Bertz CT molecular complexity index is 728. The van der Waals surface area contributed by atoms with Crippen molar-refractivity contribution < 1.29 is 0 Å². The third-order valence-corrected chi connectivity index (χ3v) is 19.3. The molecular weight excluding hydrogens is 641 g/mol. The van der Waals surface area contributed by atoms with E-state index < -0.39 is 0 Å². The molecule has 8 heteroatoms. The smallest absolute Gasteiger partial charge is 0.0717 e. The van der Waals surface area contributed by atoms with Crippen molar-refractivity contribution in [3.8, 4) is 0 Å². The van der Waals surface area contributed by atoms with E-state index in [0.717, 1.165) is 0 Å². The summed E-state index contributed by atoms with van der Waals surface area (Å²) in [6.07, 6.45) is 28.5. The molecule has 0 aromatic heterocycles. The summed E-state index contributed by atoms with van der Waals surface area (Å²) in [5.41, 5.74) is 0. The Morgan fingerprint density at radius 1 is 0.400 bits per heavy atom. The number of rotatable bonds is 24. The van der Waals surface area contributed by atoms with Crippen molar-refractivity contribution in [1.29, 1.82) is 0 Å². The van der Waals surface area contributed by atoms with E-state index in [9.17, 15) is 0 Å². The summed E-state index contributed by atoms with van der Waals surface area (Å²) in [6, 6.07) is 0. The fourth-order valence-corrected chi connectivity index (χ4v) is 17.1. The van der Waals surface area contributed by atoms with E-state index in [2.05, 4.69) is 108 Å². The molecule has 0 nitrogen and oxygen atoms in total. The Morgan fingerprint density at radius 2 is 0.725 bits per heavy atom. The summed E-state index contributed by atoms with van der Waals surface area (Å²) < 4.78 is 9.53. The number of hydrogen-bond donors (Lipinski definition) is 0. The molecule has 0 amide bonds. The quantitative estimate of drug-likeness (QED) is 0.0904. The first-order chi connectivity index (χ1) is 19.8. The van der Waals surface area contributed by atoms with Crippen molar-refractivity contribution in [3.05, 3.63) is 25.4 Å². The molecule has 3 rings (SSSR count). The van der Waals surface area contributed by atoms with E-state index in [1.54, 1.807) is 25.4 Å². The molecule has 0 unspecified atom stereocenters. The first-order valence-electron chi connectivity index (χ1n) is 16.3. The summed E-state index contributed by atoms with van der Waals surface area (Å²) in [5.74, 6) is 5.15. The van der Waals surface area contributed by atoms with E-state index in [-0.39, 0.29) is 0 Å². The fourth-order valence-electron chi connectivity index (χ4n) is 4.84.